The zero-order valence-electron chi connectivity index (χ0n) is 11.3. The molecule has 1 aliphatic rings. The summed E-state index contributed by atoms with van der Waals surface area (Å²) < 4.78 is 0. The smallest absolute Gasteiger partial charge is 0.0412 e. The molecule has 1 fully saturated rings. The second-order valence-electron chi connectivity index (χ2n) is 5.87. The fraction of sp³-hybridized carbons (Fsp3) is 1.00. The van der Waals surface area contributed by atoms with Crippen LogP contribution < -0.4 is 0 Å². The van der Waals surface area contributed by atoms with E-state index in [0.29, 0.717) is 0 Å². The quantitative estimate of drug-likeness (QED) is 0.595. The molecular formula is C15H30. The lowest BCUT2D eigenvalue weighted by molar-refractivity contribution is 0.194. The van der Waals surface area contributed by atoms with E-state index in [-0.39, 0.29) is 0 Å². The summed E-state index contributed by atoms with van der Waals surface area (Å²) in [5.74, 6) is 4.02. The molecule has 0 nitrogen and oxygen atoms in total. The van der Waals surface area contributed by atoms with Gasteiger partial charge in [0.2, 0.25) is 0 Å². The van der Waals surface area contributed by atoms with Crippen LogP contribution in [0.2, 0.25) is 0 Å². The molecule has 90 valence electrons. The minimum atomic E-state index is 0.970. The maximum absolute atomic E-state index is 2.47. The van der Waals surface area contributed by atoms with Crippen molar-refractivity contribution in [3.8, 4) is 0 Å². The Morgan fingerprint density at radius 1 is 0.667 bits per heavy atom. The third-order valence-corrected chi connectivity index (χ3v) is 4.54. The Kier molecular flexibility index (Phi) is 5.71. The van der Waals surface area contributed by atoms with Crippen LogP contribution >= 0.6 is 0 Å². The van der Waals surface area contributed by atoms with Crippen LogP contribution in [0.15, 0.2) is 0 Å². The summed E-state index contributed by atoms with van der Waals surface area (Å²) in [7, 11) is 0. The van der Waals surface area contributed by atoms with Gasteiger partial charge in [0.1, 0.15) is 0 Å². The van der Waals surface area contributed by atoms with Gasteiger partial charge in [0, 0.05) is 0 Å². The zero-order chi connectivity index (χ0) is 11.3. The largest absolute Gasteiger partial charge is 0.0651 e. The molecule has 0 radical (unpaired) electrons. The molecule has 15 heavy (non-hydrogen) atoms. The van der Waals surface area contributed by atoms with Crippen LogP contribution in [0.3, 0.4) is 0 Å². The van der Waals surface area contributed by atoms with Crippen LogP contribution in [0.1, 0.15) is 72.6 Å². The van der Waals surface area contributed by atoms with Gasteiger partial charge in [-0.15, -0.1) is 0 Å². The Morgan fingerprint density at radius 3 is 1.33 bits per heavy atom. The topological polar surface area (TPSA) is 0 Å². The third kappa shape index (κ3) is 4.17. The van der Waals surface area contributed by atoms with Crippen LogP contribution in [0, 0.1) is 23.7 Å². The summed E-state index contributed by atoms with van der Waals surface area (Å²) in [4.78, 5) is 0. The zero-order valence-corrected chi connectivity index (χ0v) is 11.3. The second-order valence-corrected chi connectivity index (χ2v) is 5.87. The lowest BCUT2D eigenvalue weighted by atomic mass is 9.74. The molecule has 1 rings (SSSR count). The monoisotopic (exact) mass is 210 g/mol. The van der Waals surface area contributed by atoms with Crippen molar-refractivity contribution in [2.24, 2.45) is 23.7 Å². The molecule has 2 unspecified atom stereocenters. The van der Waals surface area contributed by atoms with Gasteiger partial charge in [0.25, 0.3) is 0 Å². The maximum Gasteiger partial charge on any atom is -0.0412 e. The molecule has 0 N–H and O–H groups in total. The van der Waals surface area contributed by atoms with Crippen LogP contribution in [0.5, 0.6) is 0 Å². The van der Waals surface area contributed by atoms with Crippen molar-refractivity contribution < 1.29 is 0 Å². The number of hydrogen-bond donors (Lipinski definition) is 0. The van der Waals surface area contributed by atoms with Gasteiger partial charge in [-0.2, -0.15) is 0 Å². The summed E-state index contributed by atoms with van der Waals surface area (Å²) in [6, 6.07) is 0. The molecule has 0 aliphatic heterocycles. The van der Waals surface area contributed by atoms with E-state index in [9.17, 15) is 0 Å². The van der Waals surface area contributed by atoms with Crippen molar-refractivity contribution in [2.75, 3.05) is 0 Å². The fourth-order valence-corrected chi connectivity index (χ4v) is 3.47. The van der Waals surface area contributed by atoms with Crippen LogP contribution in [-0.4, -0.2) is 0 Å². The molecule has 0 aromatic carbocycles. The van der Waals surface area contributed by atoms with E-state index >= 15 is 0 Å². The first-order valence-corrected chi connectivity index (χ1v) is 7.19. The first-order chi connectivity index (χ1) is 7.19. The molecule has 0 amide bonds. The minimum Gasteiger partial charge on any atom is -0.0651 e. The van der Waals surface area contributed by atoms with E-state index in [1.165, 1.54) is 44.9 Å². The van der Waals surface area contributed by atoms with E-state index in [1.807, 2.05) is 0 Å². The first kappa shape index (κ1) is 13.1. The van der Waals surface area contributed by atoms with Crippen molar-refractivity contribution in [3.05, 3.63) is 0 Å². The summed E-state index contributed by atoms with van der Waals surface area (Å²) in [5.41, 5.74) is 0. The molecule has 0 spiro atoms. The third-order valence-electron chi connectivity index (χ3n) is 4.54. The van der Waals surface area contributed by atoms with Gasteiger partial charge in [0.05, 0.1) is 0 Å². The average molecular weight is 210 g/mol. The molecule has 0 aromatic heterocycles. The van der Waals surface area contributed by atoms with Crippen molar-refractivity contribution in [2.45, 2.75) is 72.6 Å². The highest BCUT2D eigenvalue weighted by atomic mass is 14.3. The van der Waals surface area contributed by atoms with Gasteiger partial charge in [-0.05, 0) is 49.4 Å². The molecule has 1 saturated carbocycles. The van der Waals surface area contributed by atoms with Gasteiger partial charge < -0.3 is 0 Å². The second kappa shape index (κ2) is 6.55. The van der Waals surface area contributed by atoms with E-state index in [1.54, 1.807) is 0 Å². The van der Waals surface area contributed by atoms with Crippen molar-refractivity contribution in [1.29, 1.82) is 0 Å². The fourth-order valence-electron chi connectivity index (χ4n) is 3.47. The molecule has 1 aliphatic carbocycles. The molecule has 0 bridgehead atoms. The standard InChI is InChI=1S/C15H30/c1-5-13-8-12(4)9-14(6-2)11-15(7-3)10-13/h12-15H,5-11H2,1-4H3. The lowest BCUT2D eigenvalue weighted by Crippen LogP contribution is -2.20. The van der Waals surface area contributed by atoms with Gasteiger partial charge in [-0.25, -0.2) is 0 Å². The first-order valence-electron chi connectivity index (χ1n) is 7.19. The maximum atomic E-state index is 2.47. The van der Waals surface area contributed by atoms with Gasteiger partial charge >= 0.3 is 0 Å². The highest BCUT2D eigenvalue weighted by molar-refractivity contribution is 4.76. The van der Waals surface area contributed by atoms with Gasteiger partial charge in [0.15, 0.2) is 0 Å². The summed E-state index contributed by atoms with van der Waals surface area (Å²) >= 11 is 0. The molecule has 0 saturated heterocycles. The van der Waals surface area contributed by atoms with E-state index < -0.39 is 0 Å². The Bertz CT molecular complexity index is 145. The van der Waals surface area contributed by atoms with Crippen molar-refractivity contribution in [1.82, 2.24) is 0 Å². The predicted octanol–water partition coefficient (Wildman–Crippen LogP) is 5.28. The highest BCUT2D eigenvalue weighted by Crippen LogP contribution is 2.36. The molecule has 0 heterocycles. The number of hydrogen-bond acceptors (Lipinski definition) is 0. The van der Waals surface area contributed by atoms with Crippen LogP contribution in [0.4, 0.5) is 0 Å². The average Bonchev–Trinajstić information content (AvgIpc) is 2.22. The van der Waals surface area contributed by atoms with Crippen molar-refractivity contribution >= 4 is 0 Å². The Balaban J connectivity index is 2.56. The summed E-state index contributed by atoms with van der Waals surface area (Å²) in [5, 5.41) is 0. The minimum absolute atomic E-state index is 0.970. The molecule has 2 atom stereocenters. The normalized spacial score (nSPS) is 38.4. The lowest BCUT2D eigenvalue weighted by Gasteiger charge is -2.32. The molecular weight excluding hydrogens is 180 g/mol. The summed E-state index contributed by atoms with van der Waals surface area (Å²) in [6.45, 7) is 9.61. The van der Waals surface area contributed by atoms with Crippen LogP contribution in [0.25, 0.3) is 0 Å². The Labute approximate surface area is 96.8 Å². The summed E-state index contributed by atoms with van der Waals surface area (Å²) in [6.07, 6.45) is 10.2. The predicted molar refractivity (Wildman–Crippen MR) is 69.0 cm³/mol. The molecule has 0 aromatic rings. The van der Waals surface area contributed by atoms with E-state index in [4.69, 9.17) is 0 Å². The molecule has 0 heteroatoms. The van der Waals surface area contributed by atoms with Crippen molar-refractivity contribution in [3.63, 3.8) is 0 Å². The Morgan fingerprint density at radius 2 is 1.00 bits per heavy atom. The van der Waals surface area contributed by atoms with Gasteiger partial charge in [-0.1, -0.05) is 47.0 Å². The Hall–Kier alpha value is 0. The van der Waals surface area contributed by atoms with E-state index in [2.05, 4.69) is 27.7 Å². The van der Waals surface area contributed by atoms with E-state index in [0.717, 1.165) is 23.7 Å². The number of rotatable bonds is 3. The SMILES string of the molecule is CCC1CC(C)CC(CC)CC(CC)C1. The van der Waals surface area contributed by atoms with Crippen LogP contribution in [-0.2, 0) is 0 Å². The highest BCUT2D eigenvalue weighted by Gasteiger charge is 2.24. The van der Waals surface area contributed by atoms with Gasteiger partial charge in [-0.3, -0.25) is 0 Å².